The van der Waals surface area contributed by atoms with Crippen LogP contribution in [-0.2, 0) is 6.42 Å². The molecule has 8 nitrogen and oxygen atoms in total. The summed E-state index contributed by atoms with van der Waals surface area (Å²) in [5.74, 6) is 0.0223. The molecule has 1 aliphatic rings. The Bertz CT molecular complexity index is 1430. The minimum atomic E-state index is -4.73. The first-order chi connectivity index (χ1) is 20.0. The van der Waals surface area contributed by atoms with Crippen molar-refractivity contribution in [2.45, 2.75) is 45.9 Å². The number of carbonyl (C=O) groups excluding carboxylic acids is 1. The second-order valence-electron chi connectivity index (χ2n) is 10.0. The van der Waals surface area contributed by atoms with Crippen LogP contribution >= 0.6 is 12.2 Å². The molecule has 0 aromatic heterocycles. The molecular formula is C30H33F3N6O2S. The lowest BCUT2D eigenvalue weighted by Crippen LogP contribution is -2.42. The van der Waals surface area contributed by atoms with E-state index in [-0.39, 0.29) is 16.9 Å². The molecule has 42 heavy (non-hydrogen) atoms. The lowest BCUT2D eigenvalue weighted by molar-refractivity contribution is -0.274. The van der Waals surface area contributed by atoms with E-state index in [0.29, 0.717) is 24.6 Å². The van der Waals surface area contributed by atoms with Crippen LogP contribution < -0.4 is 36.2 Å². The minimum absolute atomic E-state index is 0.233. The standard InChI is InChI=1S/C30H33F3N6O2S/c1-20(2)26-18-21(3)9-14-27(26)35-29(42)36-28(40)34-15-5-7-22-6-4-8-24(19-22)39-17-16-38(37-39)23-10-12-25(13-11-23)41-30(31,32)33/h4,6,8-14,16-20,37H,5,7,15H2,1-3H3,(H3,34,35,36,40,42). The predicted molar refractivity (Wildman–Crippen MR) is 163 cm³/mol. The molecule has 0 radical (unpaired) electrons. The summed E-state index contributed by atoms with van der Waals surface area (Å²) in [6.45, 7) is 6.71. The number of ether oxygens (including phenoxy) is 1. The van der Waals surface area contributed by atoms with Crippen LogP contribution in [-0.4, -0.2) is 24.1 Å². The van der Waals surface area contributed by atoms with E-state index in [1.165, 1.54) is 24.3 Å². The zero-order valence-electron chi connectivity index (χ0n) is 23.5. The van der Waals surface area contributed by atoms with E-state index >= 15 is 0 Å². The maximum Gasteiger partial charge on any atom is 0.573 e. The Kier molecular flexibility index (Phi) is 9.92. The van der Waals surface area contributed by atoms with Crippen LogP contribution in [0.4, 0.5) is 35.0 Å². The molecule has 1 heterocycles. The first-order valence-corrected chi connectivity index (χ1v) is 13.8. The Hall–Kier alpha value is -4.29. The number of amides is 2. The van der Waals surface area contributed by atoms with Crippen LogP contribution in [0.3, 0.4) is 0 Å². The molecule has 3 aromatic rings. The summed E-state index contributed by atoms with van der Waals surface area (Å²) in [4.78, 5) is 12.3. The van der Waals surface area contributed by atoms with Crippen LogP contribution in [0.5, 0.6) is 5.75 Å². The van der Waals surface area contributed by atoms with E-state index in [1.54, 1.807) is 16.2 Å². The lowest BCUT2D eigenvalue weighted by Gasteiger charge is -2.23. The zero-order chi connectivity index (χ0) is 30.3. The number of alkyl halides is 3. The van der Waals surface area contributed by atoms with Crippen molar-refractivity contribution in [3.8, 4) is 5.75 Å². The summed E-state index contributed by atoms with van der Waals surface area (Å²) in [5.41, 5.74) is 8.91. The van der Waals surface area contributed by atoms with Gasteiger partial charge in [0.05, 0.1) is 11.4 Å². The summed E-state index contributed by atoms with van der Waals surface area (Å²) in [6.07, 6.45) is 0.288. The number of benzene rings is 3. The third-order valence-corrected chi connectivity index (χ3v) is 6.55. The number of hydrazine groups is 2. The first-order valence-electron chi connectivity index (χ1n) is 13.4. The molecular weight excluding hydrogens is 565 g/mol. The third-order valence-electron chi connectivity index (χ3n) is 6.35. The molecule has 0 unspecified atom stereocenters. The SMILES string of the molecule is Cc1ccc(NC(=S)NC(=O)NCCCc2cccc(N3C=CN(c4ccc(OC(F)(F)F)cc4)N3)c2)c(C(C)C)c1. The molecule has 0 saturated carbocycles. The van der Waals surface area contributed by atoms with Gasteiger partial charge < -0.3 is 15.4 Å². The largest absolute Gasteiger partial charge is 0.573 e. The van der Waals surface area contributed by atoms with Crippen molar-refractivity contribution in [1.82, 2.24) is 16.2 Å². The molecule has 12 heteroatoms. The van der Waals surface area contributed by atoms with Crippen molar-refractivity contribution in [1.29, 1.82) is 0 Å². The van der Waals surface area contributed by atoms with Crippen molar-refractivity contribution in [3.63, 3.8) is 0 Å². The monoisotopic (exact) mass is 598 g/mol. The number of thiocarbonyl (C=S) groups is 1. The summed E-state index contributed by atoms with van der Waals surface area (Å²) in [6, 6.07) is 19.2. The summed E-state index contributed by atoms with van der Waals surface area (Å²) in [7, 11) is 0. The van der Waals surface area contributed by atoms with Gasteiger partial charge in [-0.25, -0.2) is 4.79 Å². The van der Waals surface area contributed by atoms with E-state index < -0.39 is 6.36 Å². The summed E-state index contributed by atoms with van der Waals surface area (Å²) in [5, 5.41) is 12.3. The average Bonchev–Trinajstić information content (AvgIpc) is 3.42. The maximum absolute atomic E-state index is 12.4. The number of urea groups is 1. The van der Waals surface area contributed by atoms with Gasteiger partial charge in [-0.3, -0.25) is 15.3 Å². The van der Waals surface area contributed by atoms with E-state index in [4.69, 9.17) is 12.2 Å². The molecule has 0 fully saturated rings. The molecule has 1 aliphatic heterocycles. The van der Waals surface area contributed by atoms with Gasteiger partial charge in [-0.15, -0.1) is 18.7 Å². The van der Waals surface area contributed by atoms with E-state index in [0.717, 1.165) is 34.5 Å². The number of rotatable bonds is 9. The van der Waals surface area contributed by atoms with Gasteiger partial charge in [0.2, 0.25) is 0 Å². The number of hydrogen-bond donors (Lipinski definition) is 4. The van der Waals surface area contributed by atoms with Gasteiger partial charge in [0.15, 0.2) is 5.11 Å². The highest BCUT2D eigenvalue weighted by Crippen LogP contribution is 2.27. The molecule has 0 aliphatic carbocycles. The highest BCUT2D eigenvalue weighted by Gasteiger charge is 2.31. The normalized spacial score (nSPS) is 12.9. The van der Waals surface area contributed by atoms with Gasteiger partial charge in [0.1, 0.15) is 5.75 Å². The molecule has 2 amide bonds. The quantitative estimate of drug-likeness (QED) is 0.158. The Morgan fingerprint density at radius 3 is 2.40 bits per heavy atom. The smallest absolute Gasteiger partial charge is 0.406 e. The summed E-state index contributed by atoms with van der Waals surface area (Å²) < 4.78 is 41.2. The third kappa shape index (κ3) is 8.85. The number of anilines is 3. The first kappa shape index (κ1) is 30.7. The van der Waals surface area contributed by atoms with E-state index in [1.807, 2.05) is 49.5 Å². The Labute approximate surface area is 248 Å². The van der Waals surface area contributed by atoms with Gasteiger partial charge in [0.25, 0.3) is 0 Å². The molecule has 0 spiro atoms. The van der Waals surface area contributed by atoms with Gasteiger partial charge in [-0.05, 0) is 91.5 Å². The van der Waals surface area contributed by atoms with Crippen LogP contribution in [0.2, 0.25) is 0 Å². The van der Waals surface area contributed by atoms with Gasteiger partial charge >= 0.3 is 12.4 Å². The Balaban J connectivity index is 1.21. The molecule has 3 aromatic carbocycles. The fourth-order valence-corrected chi connectivity index (χ4v) is 4.55. The average molecular weight is 599 g/mol. The van der Waals surface area contributed by atoms with Crippen molar-refractivity contribution < 1.29 is 22.7 Å². The van der Waals surface area contributed by atoms with E-state index in [2.05, 4.69) is 46.1 Å². The summed E-state index contributed by atoms with van der Waals surface area (Å²) >= 11 is 5.33. The van der Waals surface area contributed by atoms with Crippen molar-refractivity contribution in [2.24, 2.45) is 0 Å². The lowest BCUT2D eigenvalue weighted by atomic mass is 9.99. The molecule has 0 atom stereocenters. The fourth-order valence-electron chi connectivity index (χ4n) is 4.34. The van der Waals surface area contributed by atoms with Crippen molar-refractivity contribution in [2.75, 3.05) is 21.9 Å². The molecule has 4 N–H and O–H groups in total. The van der Waals surface area contributed by atoms with Gasteiger partial charge in [-0.2, -0.15) is 0 Å². The number of aryl methyl sites for hydroxylation is 2. The fraction of sp³-hybridized carbons (Fsp3) is 0.267. The second-order valence-corrected chi connectivity index (χ2v) is 10.4. The van der Waals surface area contributed by atoms with Gasteiger partial charge in [-0.1, -0.05) is 43.7 Å². The number of nitrogens with one attached hydrogen (secondary N) is 4. The molecule has 4 rings (SSSR count). The van der Waals surface area contributed by atoms with Crippen molar-refractivity contribution in [3.05, 3.63) is 95.8 Å². The number of halogens is 3. The van der Waals surface area contributed by atoms with Crippen molar-refractivity contribution >= 4 is 40.4 Å². The molecule has 0 saturated heterocycles. The van der Waals surface area contributed by atoms with Crippen LogP contribution in [0.15, 0.2) is 79.1 Å². The zero-order valence-corrected chi connectivity index (χ0v) is 24.3. The van der Waals surface area contributed by atoms with Crippen LogP contribution in [0.1, 0.15) is 42.9 Å². The van der Waals surface area contributed by atoms with Crippen LogP contribution in [0.25, 0.3) is 0 Å². The maximum atomic E-state index is 12.4. The molecule has 222 valence electrons. The minimum Gasteiger partial charge on any atom is -0.406 e. The number of nitrogens with zero attached hydrogens (tertiary/aromatic N) is 2. The number of carbonyl (C=O) groups is 1. The van der Waals surface area contributed by atoms with Crippen LogP contribution in [0, 0.1) is 6.92 Å². The second kappa shape index (κ2) is 13.6. The van der Waals surface area contributed by atoms with E-state index in [9.17, 15) is 18.0 Å². The van der Waals surface area contributed by atoms with Gasteiger partial charge in [0, 0.05) is 24.6 Å². The number of hydrogen-bond acceptors (Lipinski definition) is 6. The molecule has 0 bridgehead atoms. The predicted octanol–water partition coefficient (Wildman–Crippen LogP) is 6.86. The Morgan fingerprint density at radius 2 is 1.71 bits per heavy atom. The topological polar surface area (TPSA) is 80.9 Å². The Morgan fingerprint density at radius 1 is 1.00 bits per heavy atom. The highest BCUT2D eigenvalue weighted by molar-refractivity contribution is 7.80. The highest BCUT2D eigenvalue weighted by atomic mass is 32.1.